The van der Waals surface area contributed by atoms with Gasteiger partial charge in [-0.1, -0.05) is 12.1 Å². The molecule has 2 aromatic carbocycles. The summed E-state index contributed by atoms with van der Waals surface area (Å²) in [6, 6.07) is 10.7. The molecule has 0 aromatic heterocycles. The fourth-order valence-corrected chi connectivity index (χ4v) is 4.47. The number of para-hydroxylation sites is 1. The normalized spacial score (nSPS) is 15.0. The lowest BCUT2D eigenvalue weighted by atomic mass is 10.2. The average molecular weight is 403 g/mol. The van der Waals surface area contributed by atoms with Gasteiger partial charge in [0.25, 0.3) is 5.91 Å². The first kappa shape index (κ1) is 19.8. The van der Waals surface area contributed by atoms with Crippen LogP contribution in [0.3, 0.4) is 0 Å². The predicted molar refractivity (Wildman–Crippen MR) is 104 cm³/mol. The van der Waals surface area contributed by atoms with E-state index in [4.69, 9.17) is 4.74 Å². The van der Waals surface area contributed by atoms with E-state index in [0.29, 0.717) is 18.7 Å². The first-order chi connectivity index (χ1) is 13.4. The standard InChI is InChI=1S/C19H21N3O5S/c1-27-17-9-5-7-15(18(17)23)13-20-21-19(24)14-6-4-8-16(12-14)28(25,26)22-10-2-3-11-22/h4-9,12-13,23H,2-3,10-11H2,1H3,(H,21,24). The third-order valence-electron chi connectivity index (χ3n) is 4.42. The van der Waals surface area contributed by atoms with E-state index in [-0.39, 0.29) is 22.0 Å². The van der Waals surface area contributed by atoms with E-state index >= 15 is 0 Å². The largest absolute Gasteiger partial charge is 0.504 e. The number of aromatic hydroxyl groups is 1. The Balaban J connectivity index is 1.73. The molecule has 28 heavy (non-hydrogen) atoms. The summed E-state index contributed by atoms with van der Waals surface area (Å²) >= 11 is 0. The zero-order chi connectivity index (χ0) is 20.1. The molecule has 0 radical (unpaired) electrons. The lowest BCUT2D eigenvalue weighted by molar-refractivity contribution is 0.0955. The van der Waals surface area contributed by atoms with Crippen molar-refractivity contribution in [1.29, 1.82) is 0 Å². The number of ether oxygens (including phenoxy) is 1. The number of benzene rings is 2. The summed E-state index contributed by atoms with van der Waals surface area (Å²) in [4.78, 5) is 12.4. The third-order valence-corrected chi connectivity index (χ3v) is 6.31. The fourth-order valence-electron chi connectivity index (χ4n) is 2.91. The molecule has 1 fully saturated rings. The molecule has 1 aliphatic rings. The minimum Gasteiger partial charge on any atom is -0.504 e. The molecule has 0 unspecified atom stereocenters. The number of carbonyl (C=O) groups is 1. The molecule has 0 spiro atoms. The van der Waals surface area contributed by atoms with Gasteiger partial charge in [0.15, 0.2) is 11.5 Å². The highest BCUT2D eigenvalue weighted by atomic mass is 32.2. The first-order valence-electron chi connectivity index (χ1n) is 8.73. The van der Waals surface area contributed by atoms with Crippen molar-refractivity contribution in [3.63, 3.8) is 0 Å². The van der Waals surface area contributed by atoms with Crippen molar-refractivity contribution in [2.24, 2.45) is 5.10 Å². The highest BCUT2D eigenvalue weighted by molar-refractivity contribution is 7.89. The van der Waals surface area contributed by atoms with Crippen LogP contribution in [0, 0.1) is 0 Å². The molecule has 8 nitrogen and oxygen atoms in total. The summed E-state index contributed by atoms with van der Waals surface area (Å²) in [5, 5.41) is 13.8. The van der Waals surface area contributed by atoms with Gasteiger partial charge < -0.3 is 9.84 Å². The Morgan fingerprint density at radius 3 is 2.64 bits per heavy atom. The molecule has 0 saturated carbocycles. The van der Waals surface area contributed by atoms with E-state index < -0.39 is 15.9 Å². The van der Waals surface area contributed by atoms with Gasteiger partial charge in [-0.15, -0.1) is 0 Å². The van der Waals surface area contributed by atoms with Crippen molar-refractivity contribution in [1.82, 2.24) is 9.73 Å². The van der Waals surface area contributed by atoms with Crippen molar-refractivity contribution in [2.75, 3.05) is 20.2 Å². The molecule has 9 heteroatoms. The number of hydrogen-bond acceptors (Lipinski definition) is 6. The molecule has 148 valence electrons. The van der Waals surface area contributed by atoms with E-state index in [9.17, 15) is 18.3 Å². The zero-order valence-corrected chi connectivity index (χ0v) is 16.1. The van der Waals surface area contributed by atoms with Crippen LogP contribution in [-0.4, -0.2) is 50.2 Å². The summed E-state index contributed by atoms with van der Waals surface area (Å²) in [5.41, 5.74) is 2.87. The van der Waals surface area contributed by atoms with Gasteiger partial charge in [-0.3, -0.25) is 4.79 Å². The number of amides is 1. The molecule has 2 N–H and O–H groups in total. The maximum Gasteiger partial charge on any atom is 0.271 e. The maximum absolute atomic E-state index is 12.6. The van der Waals surface area contributed by atoms with Crippen molar-refractivity contribution in [3.05, 3.63) is 53.6 Å². The van der Waals surface area contributed by atoms with E-state index in [2.05, 4.69) is 10.5 Å². The van der Waals surface area contributed by atoms with Crippen LogP contribution >= 0.6 is 0 Å². The predicted octanol–water partition coefficient (Wildman–Crippen LogP) is 1.95. The average Bonchev–Trinajstić information content (AvgIpc) is 3.25. The fraction of sp³-hybridized carbons (Fsp3) is 0.263. The number of sulfonamides is 1. The van der Waals surface area contributed by atoms with E-state index in [1.807, 2.05) is 0 Å². The molecule has 0 atom stereocenters. The Hall–Kier alpha value is -2.91. The topological polar surface area (TPSA) is 108 Å². The summed E-state index contributed by atoms with van der Waals surface area (Å²) < 4.78 is 31.7. The molecule has 1 amide bonds. The van der Waals surface area contributed by atoms with Gasteiger partial charge in [0.2, 0.25) is 10.0 Å². The van der Waals surface area contributed by atoms with Crippen molar-refractivity contribution >= 4 is 22.1 Å². The molecule has 1 heterocycles. The Kier molecular flexibility index (Phi) is 5.96. The van der Waals surface area contributed by atoms with Crippen LogP contribution in [0.4, 0.5) is 0 Å². The number of nitrogens with zero attached hydrogens (tertiary/aromatic N) is 2. The van der Waals surface area contributed by atoms with Crippen LogP contribution in [0.1, 0.15) is 28.8 Å². The smallest absolute Gasteiger partial charge is 0.271 e. The van der Waals surface area contributed by atoms with E-state index in [1.54, 1.807) is 18.2 Å². The number of phenols is 1. The minimum absolute atomic E-state index is 0.0801. The highest BCUT2D eigenvalue weighted by Gasteiger charge is 2.27. The first-order valence-corrected chi connectivity index (χ1v) is 10.2. The van der Waals surface area contributed by atoms with Gasteiger partial charge in [0.1, 0.15) is 0 Å². The van der Waals surface area contributed by atoms with Crippen LogP contribution in [0.5, 0.6) is 11.5 Å². The van der Waals surface area contributed by atoms with Crippen LogP contribution in [0.25, 0.3) is 0 Å². The Morgan fingerprint density at radius 1 is 1.21 bits per heavy atom. The summed E-state index contributed by atoms with van der Waals surface area (Å²) in [5.74, 6) is -0.367. The van der Waals surface area contributed by atoms with Crippen LogP contribution in [0.2, 0.25) is 0 Å². The summed E-state index contributed by atoms with van der Waals surface area (Å²) in [6.07, 6.45) is 2.96. The van der Waals surface area contributed by atoms with E-state index in [0.717, 1.165) is 12.8 Å². The SMILES string of the molecule is COc1cccc(C=NNC(=O)c2cccc(S(=O)(=O)N3CCCC3)c2)c1O. The summed E-state index contributed by atoms with van der Waals surface area (Å²) in [6.45, 7) is 0.986. The Labute approximate surface area is 163 Å². The molecule has 1 saturated heterocycles. The number of methoxy groups -OCH3 is 1. The number of hydrogen-bond donors (Lipinski definition) is 2. The van der Waals surface area contributed by atoms with Crippen LogP contribution in [-0.2, 0) is 10.0 Å². The highest BCUT2D eigenvalue weighted by Crippen LogP contribution is 2.28. The molecule has 3 rings (SSSR count). The van der Waals surface area contributed by atoms with Crippen LogP contribution < -0.4 is 10.2 Å². The lowest BCUT2D eigenvalue weighted by Gasteiger charge is -2.15. The molecular formula is C19H21N3O5S. The van der Waals surface area contributed by atoms with Gasteiger partial charge in [-0.05, 0) is 43.2 Å². The van der Waals surface area contributed by atoms with Crippen LogP contribution in [0.15, 0.2) is 52.5 Å². The number of nitrogens with one attached hydrogen (secondary N) is 1. The summed E-state index contributed by atoms with van der Waals surface area (Å²) in [7, 11) is -2.17. The van der Waals surface area contributed by atoms with E-state index in [1.165, 1.54) is 41.9 Å². The van der Waals surface area contributed by atoms with Gasteiger partial charge in [0.05, 0.1) is 18.2 Å². The van der Waals surface area contributed by atoms with Crippen molar-refractivity contribution < 1.29 is 23.1 Å². The minimum atomic E-state index is -3.60. The third kappa shape index (κ3) is 4.15. The number of phenolic OH excluding ortho intramolecular Hbond substituents is 1. The number of rotatable bonds is 6. The second-order valence-corrected chi connectivity index (χ2v) is 8.17. The molecule has 0 aliphatic carbocycles. The zero-order valence-electron chi connectivity index (χ0n) is 15.3. The Bertz CT molecular complexity index is 998. The second kappa shape index (κ2) is 8.41. The molecule has 2 aromatic rings. The van der Waals surface area contributed by atoms with Gasteiger partial charge in [0, 0.05) is 24.2 Å². The second-order valence-electron chi connectivity index (χ2n) is 6.24. The Morgan fingerprint density at radius 2 is 1.93 bits per heavy atom. The van der Waals surface area contributed by atoms with Gasteiger partial charge >= 0.3 is 0 Å². The van der Waals surface area contributed by atoms with Crippen molar-refractivity contribution in [2.45, 2.75) is 17.7 Å². The quantitative estimate of drug-likeness (QED) is 0.566. The number of carbonyl (C=O) groups excluding carboxylic acids is 1. The monoisotopic (exact) mass is 403 g/mol. The van der Waals surface area contributed by atoms with Crippen molar-refractivity contribution in [3.8, 4) is 11.5 Å². The number of hydrazone groups is 1. The molecule has 1 aliphatic heterocycles. The maximum atomic E-state index is 12.6. The van der Waals surface area contributed by atoms with Gasteiger partial charge in [-0.2, -0.15) is 9.41 Å². The molecular weight excluding hydrogens is 382 g/mol. The van der Waals surface area contributed by atoms with Gasteiger partial charge in [-0.25, -0.2) is 13.8 Å². The lowest BCUT2D eigenvalue weighted by Crippen LogP contribution is -2.28. The molecule has 0 bridgehead atoms.